The summed E-state index contributed by atoms with van der Waals surface area (Å²) in [6.45, 7) is 0. The van der Waals surface area contributed by atoms with Crippen LogP contribution in [0.4, 0.5) is 0 Å². The molecule has 0 aromatic heterocycles. The molecule has 1 fully saturated rings. The standard InChI is InChI=1S/C13H17N3O2/c1-18-11-5-2-9(3-6-11)12-8-10(15-16-14)4-7-13(12)17/h2-3,5-6,10,12-13,17H,4,7-8H2,1H3/t10-,12+,13-/m1/s1. The topological polar surface area (TPSA) is 78.2 Å². The van der Waals surface area contributed by atoms with Crippen LogP contribution in [0.1, 0.15) is 30.7 Å². The molecule has 1 aromatic carbocycles. The average Bonchev–Trinajstić information content (AvgIpc) is 2.41. The van der Waals surface area contributed by atoms with Gasteiger partial charge in [-0.3, -0.25) is 0 Å². The highest BCUT2D eigenvalue weighted by Gasteiger charge is 2.29. The normalized spacial score (nSPS) is 27.3. The van der Waals surface area contributed by atoms with Gasteiger partial charge in [0, 0.05) is 16.9 Å². The summed E-state index contributed by atoms with van der Waals surface area (Å²) in [5, 5.41) is 13.8. The molecule has 0 heterocycles. The fraction of sp³-hybridized carbons (Fsp3) is 0.538. The number of ether oxygens (including phenoxy) is 1. The number of hydrogen-bond acceptors (Lipinski definition) is 3. The van der Waals surface area contributed by atoms with Crippen molar-refractivity contribution in [1.82, 2.24) is 0 Å². The summed E-state index contributed by atoms with van der Waals surface area (Å²) < 4.78 is 5.11. The van der Waals surface area contributed by atoms with E-state index in [0.717, 1.165) is 17.7 Å². The molecule has 0 spiro atoms. The smallest absolute Gasteiger partial charge is 0.118 e. The molecule has 0 unspecified atom stereocenters. The Hall–Kier alpha value is -1.71. The summed E-state index contributed by atoms with van der Waals surface area (Å²) in [6.07, 6.45) is 1.79. The SMILES string of the molecule is COc1ccc([C@@H]2C[C@H](N=[N+]=[N-])CC[C@H]2O)cc1. The van der Waals surface area contributed by atoms with Crippen molar-refractivity contribution in [3.8, 4) is 5.75 Å². The maximum atomic E-state index is 10.1. The van der Waals surface area contributed by atoms with Crippen molar-refractivity contribution in [2.24, 2.45) is 5.11 Å². The van der Waals surface area contributed by atoms with Crippen molar-refractivity contribution in [1.29, 1.82) is 0 Å². The van der Waals surface area contributed by atoms with Gasteiger partial charge >= 0.3 is 0 Å². The van der Waals surface area contributed by atoms with E-state index in [1.54, 1.807) is 7.11 Å². The van der Waals surface area contributed by atoms with Crippen LogP contribution in [0.3, 0.4) is 0 Å². The highest BCUT2D eigenvalue weighted by molar-refractivity contribution is 5.30. The molecule has 1 aliphatic carbocycles. The Morgan fingerprint density at radius 2 is 2.06 bits per heavy atom. The second-order valence-corrected chi connectivity index (χ2v) is 4.62. The summed E-state index contributed by atoms with van der Waals surface area (Å²) >= 11 is 0. The Morgan fingerprint density at radius 3 is 2.67 bits per heavy atom. The average molecular weight is 247 g/mol. The van der Waals surface area contributed by atoms with Gasteiger partial charge in [-0.2, -0.15) is 0 Å². The van der Waals surface area contributed by atoms with Crippen molar-refractivity contribution in [3.05, 3.63) is 40.3 Å². The third kappa shape index (κ3) is 2.75. The first kappa shape index (κ1) is 12.7. The van der Waals surface area contributed by atoms with E-state index in [2.05, 4.69) is 10.0 Å². The fourth-order valence-corrected chi connectivity index (χ4v) is 2.52. The molecule has 0 bridgehead atoms. The number of azide groups is 1. The van der Waals surface area contributed by atoms with E-state index in [4.69, 9.17) is 10.3 Å². The van der Waals surface area contributed by atoms with E-state index in [-0.39, 0.29) is 18.1 Å². The Morgan fingerprint density at radius 1 is 1.33 bits per heavy atom. The summed E-state index contributed by atoms with van der Waals surface area (Å²) in [6, 6.07) is 7.69. The largest absolute Gasteiger partial charge is 0.497 e. The second kappa shape index (κ2) is 5.76. The van der Waals surface area contributed by atoms with Crippen molar-refractivity contribution >= 4 is 0 Å². The second-order valence-electron chi connectivity index (χ2n) is 4.62. The molecule has 96 valence electrons. The minimum Gasteiger partial charge on any atom is -0.497 e. The fourth-order valence-electron chi connectivity index (χ4n) is 2.52. The molecule has 1 aromatic rings. The van der Waals surface area contributed by atoms with E-state index in [1.165, 1.54) is 0 Å². The van der Waals surface area contributed by atoms with Crippen LogP contribution < -0.4 is 4.74 Å². The van der Waals surface area contributed by atoms with Crippen LogP contribution in [0, 0.1) is 0 Å². The Balaban J connectivity index is 2.15. The number of aliphatic hydroxyl groups is 1. The zero-order valence-corrected chi connectivity index (χ0v) is 10.4. The molecule has 0 aliphatic heterocycles. The van der Waals surface area contributed by atoms with Gasteiger partial charge in [-0.1, -0.05) is 17.2 Å². The van der Waals surface area contributed by atoms with Crippen LogP contribution in [-0.2, 0) is 0 Å². The molecule has 0 radical (unpaired) electrons. The number of benzene rings is 1. The molecule has 0 saturated heterocycles. The lowest BCUT2D eigenvalue weighted by molar-refractivity contribution is 0.0989. The maximum absolute atomic E-state index is 10.1. The minimum absolute atomic E-state index is 0.00879. The lowest BCUT2D eigenvalue weighted by Crippen LogP contribution is -2.29. The van der Waals surface area contributed by atoms with Crippen LogP contribution in [0.25, 0.3) is 10.4 Å². The van der Waals surface area contributed by atoms with Gasteiger partial charge in [0.2, 0.25) is 0 Å². The molecule has 5 heteroatoms. The minimum atomic E-state index is -0.358. The molecular weight excluding hydrogens is 230 g/mol. The lowest BCUT2D eigenvalue weighted by Gasteiger charge is -2.31. The van der Waals surface area contributed by atoms with Crippen molar-refractivity contribution in [2.75, 3.05) is 7.11 Å². The zero-order chi connectivity index (χ0) is 13.0. The molecular formula is C13H17N3O2. The number of nitrogens with zero attached hydrogens (tertiary/aromatic N) is 3. The first-order valence-electron chi connectivity index (χ1n) is 6.11. The van der Waals surface area contributed by atoms with Gasteiger partial charge in [0.05, 0.1) is 13.2 Å². The molecule has 1 N–H and O–H groups in total. The third-order valence-electron chi connectivity index (χ3n) is 3.55. The molecule has 0 amide bonds. The number of rotatable bonds is 3. The molecule has 1 saturated carbocycles. The van der Waals surface area contributed by atoms with Crippen LogP contribution in [-0.4, -0.2) is 24.4 Å². The monoisotopic (exact) mass is 247 g/mol. The predicted molar refractivity (Wildman–Crippen MR) is 68.5 cm³/mol. The van der Waals surface area contributed by atoms with E-state index in [0.29, 0.717) is 12.8 Å². The van der Waals surface area contributed by atoms with Crippen molar-refractivity contribution in [3.63, 3.8) is 0 Å². The van der Waals surface area contributed by atoms with Crippen molar-refractivity contribution in [2.45, 2.75) is 37.3 Å². The van der Waals surface area contributed by atoms with Crippen LogP contribution >= 0.6 is 0 Å². The third-order valence-corrected chi connectivity index (χ3v) is 3.55. The van der Waals surface area contributed by atoms with Gasteiger partial charge in [-0.25, -0.2) is 0 Å². The van der Waals surface area contributed by atoms with Gasteiger partial charge in [0.15, 0.2) is 0 Å². The molecule has 18 heavy (non-hydrogen) atoms. The lowest BCUT2D eigenvalue weighted by atomic mass is 9.79. The maximum Gasteiger partial charge on any atom is 0.118 e. The predicted octanol–water partition coefficient (Wildman–Crippen LogP) is 3.00. The quantitative estimate of drug-likeness (QED) is 0.506. The molecule has 1 aliphatic rings. The Labute approximate surface area is 106 Å². The van der Waals surface area contributed by atoms with Gasteiger partial charge in [0.25, 0.3) is 0 Å². The number of hydrogen-bond donors (Lipinski definition) is 1. The van der Waals surface area contributed by atoms with Gasteiger partial charge in [-0.05, 0) is 42.5 Å². The van der Waals surface area contributed by atoms with Crippen molar-refractivity contribution < 1.29 is 9.84 Å². The van der Waals surface area contributed by atoms with Gasteiger partial charge in [-0.15, -0.1) is 0 Å². The van der Waals surface area contributed by atoms with Gasteiger partial charge in [0.1, 0.15) is 5.75 Å². The van der Waals surface area contributed by atoms with Crippen LogP contribution in [0.5, 0.6) is 5.75 Å². The highest BCUT2D eigenvalue weighted by Crippen LogP contribution is 2.35. The Bertz CT molecular complexity index is 440. The first-order chi connectivity index (χ1) is 8.74. The number of methoxy groups -OCH3 is 1. The summed E-state index contributed by atoms with van der Waals surface area (Å²) in [4.78, 5) is 2.86. The summed E-state index contributed by atoms with van der Waals surface area (Å²) in [5.74, 6) is 0.843. The number of aliphatic hydroxyl groups excluding tert-OH is 1. The summed E-state index contributed by atoms with van der Waals surface area (Å²) in [7, 11) is 1.63. The van der Waals surface area contributed by atoms with E-state index in [9.17, 15) is 5.11 Å². The molecule has 2 rings (SSSR count). The van der Waals surface area contributed by atoms with E-state index >= 15 is 0 Å². The summed E-state index contributed by atoms with van der Waals surface area (Å²) in [5.41, 5.74) is 9.56. The van der Waals surface area contributed by atoms with E-state index in [1.807, 2.05) is 24.3 Å². The van der Waals surface area contributed by atoms with Crippen LogP contribution in [0.15, 0.2) is 29.4 Å². The zero-order valence-electron chi connectivity index (χ0n) is 10.4. The van der Waals surface area contributed by atoms with Crippen LogP contribution in [0.2, 0.25) is 0 Å². The van der Waals surface area contributed by atoms with Gasteiger partial charge < -0.3 is 9.84 Å². The molecule has 5 nitrogen and oxygen atoms in total. The van der Waals surface area contributed by atoms with E-state index < -0.39 is 0 Å². The Kier molecular flexibility index (Phi) is 4.07. The first-order valence-corrected chi connectivity index (χ1v) is 6.11. The highest BCUT2D eigenvalue weighted by atomic mass is 16.5. The molecule has 3 atom stereocenters.